The first-order valence-corrected chi connectivity index (χ1v) is 8.40. The van der Waals surface area contributed by atoms with Gasteiger partial charge in [0.05, 0.1) is 0 Å². The fourth-order valence-corrected chi connectivity index (χ4v) is 1.97. The molecular weight excluding hydrogens is 268 g/mol. The van der Waals surface area contributed by atoms with Gasteiger partial charge in [0, 0.05) is 6.20 Å². The van der Waals surface area contributed by atoms with Crippen LogP contribution in [0.25, 0.3) is 0 Å². The van der Waals surface area contributed by atoms with Gasteiger partial charge in [-0.3, -0.25) is 0 Å². The quantitative estimate of drug-likeness (QED) is 0.719. The van der Waals surface area contributed by atoms with Gasteiger partial charge in [0.2, 0.25) is 0 Å². The van der Waals surface area contributed by atoms with Crippen LogP contribution < -0.4 is 5.73 Å². The van der Waals surface area contributed by atoms with Gasteiger partial charge in [0.15, 0.2) is 0 Å². The summed E-state index contributed by atoms with van der Waals surface area (Å²) in [6.07, 6.45) is 3.14. The summed E-state index contributed by atoms with van der Waals surface area (Å²) in [5.74, 6) is 2.39. The Morgan fingerprint density at radius 3 is 1.86 bits per heavy atom. The first kappa shape index (κ1) is 20.2. The third-order valence-corrected chi connectivity index (χ3v) is 3.27. The number of anilines is 1. The third kappa shape index (κ3) is 7.82. The molecule has 0 saturated heterocycles. The molecular formula is C20H32N2. The molecule has 1 heterocycles. The van der Waals surface area contributed by atoms with Crippen LogP contribution in [-0.4, -0.2) is 4.98 Å². The summed E-state index contributed by atoms with van der Waals surface area (Å²) < 4.78 is 0. The molecule has 2 atom stereocenters. The van der Waals surface area contributed by atoms with Crippen molar-refractivity contribution in [2.45, 2.75) is 53.9 Å². The molecule has 1 aromatic heterocycles. The molecule has 0 radical (unpaired) electrons. The van der Waals surface area contributed by atoms with E-state index in [1.54, 1.807) is 12.3 Å². The maximum Gasteiger partial charge on any atom is 0.123 e. The highest BCUT2D eigenvalue weighted by Crippen LogP contribution is 2.46. The molecule has 0 amide bonds. The van der Waals surface area contributed by atoms with E-state index < -0.39 is 0 Å². The van der Waals surface area contributed by atoms with Gasteiger partial charge < -0.3 is 5.73 Å². The first-order valence-electron chi connectivity index (χ1n) is 8.40. The molecule has 1 aliphatic rings. The van der Waals surface area contributed by atoms with Crippen molar-refractivity contribution in [1.29, 1.82) is 0 Å². The van der Waals surface area contributed by atoms with Crippen molar-refractivity contribution in [2.75, 3.05) is 5.73 Å². The monoisotopic (exact) mass is 300 g/mol. The van der Waals surface area contributed by atoms with E-state index in [0.717, 1.165) is 17.4 Å². The number of hydrogen-bond acceptors (Lipinski definition) is 2. The highest BCUT2D eigenvalue weighted by Gasteiger charge is 2.33. The second-order valence-corrected chi connectivity index (χ2v) is 4.99. The number of pyridine rings is 1. The van der Waals surface area contributed by atoms with Crippen LogP contribution in [0.2, 0.25) is 0 Å². The van der Waals surface area contributed by atoms with Crippen molar-refractivity contribution < 1.29 is 0 Å². The SMILES string of the molecule is CC.CC.CC1CC1c1ccccc1.Cc1ccc(N)nc1. The van der Waals surface area contributed by atoms with Crippen LogP contribution in [0, 0.1) is 12.8 Å². The Morgan fingerprint density at radius 2 is 1.50 bits per heavy atom. The molecule has 3 rings (SSSR count). The second kappa shape index (κ2) is 11.8. The lowest BCUT2D eigenvalue weighted by atomic mass is 10.1. The van der Waals surface area contributed by atoms with E-state index in [0.29, 0.717) is 5.82 Å². The third-order valence-electron chi connectivity index (χ3n) is 3.27. The fraction of sp³-hybridized carbons (Fsp3) is 0.450. The maximum atomic E-state index is 5.32. The number of nitrogens with two attached hydrogens (primary N) is 1. The van der Waals surface area contributed by atoms with Crippen molar-refractivity contribution in [3.63, 3.8) is 0 Å². The smallest absolute Gasteiger partial charge is 0.123 e. The Bertz CT molecular complexity index is 456. The highest BCUT2D eigenvalue weighted by atomic mass is 14.8. The predicted octanol–water partition coefficient (Wildman–Crippen LogP) is 5.83. The van der Waals surface area contributed by atoms with E-state index in [9.17, 15) is 0 Å². The zero-order valence-corrected chi connectivity index (χ0v) is 15.0. The maximum absolute atomic E-state index is 5.32. The van der Waals surface area contributed by atoms with Crippen molar-refractivity contribution in [3.05, 3.63) is 59.8 Å². The number of nitrogen functional groups attached to an aromatic ring is 1. The fourth-order valence-electron chi connectivity index (χ4n) is 1.97. The number of rotatable bonds is 1. The predicted molar refractivity (Wildman–Crippen MR) is 99.0 cm³/mol. The van der Waals surface area contributed by atoms with Crippen LogP contribution in [0.1, 0.15) is 58.1 Å². The Balaban J connectivity index is 0.000000333. The van der Waals surface area contributed by atoms with Crippen LogP contribution in [0.15, 0.2) is 48.7 Å². The number of aromatic nitrogens is 1. The molecule has 2 N–H and O–H groups in total. The topological polar surface area (TPSA) is 38.9 Å². The summed E-state index contributed by atoms with van der Waals surface area (Å²) in [6.45, 7) is 12.3. The first-order chi connectivity index (χ1) is 10.7. The molecule has 1 fully saturated rings. The highest BCUT2D eigenvalue weighted by molar-refractivity contribution is 5.28. The minimum absolute atomic E-state index is 0.579. The molecule has 2 unspecified atom stereocenters. The molecule has 0 aliphatic heterocycles. The number of nitrogens with zero attached hydrogens (tertiary/aromatic N) is 1. The van der Waals surface area contributed by atoms with E-state index >= 15 is 0 Å². The van der Waals surface area contributed by atoms with Gasteiger partial charge in [-0.15, -0.1) is 0 Å². The standard InChI is InChI=1S/C10H12.C6H8N2.2C2H6/c1-8-7-10(8)9-5-3-2-4-6-9;1-5-2-3-6(7)8-4-5;2*1-2/h2-6,8,10H,7H2,1H3;2-4H,1H3,(H2,7,8);2*1-2H3. The van der Waals surface area contributed by atoms with Gasteiger partial charge >= 0.3 is 0 Å². The molecule has 0 spiro atoms. The van der Waals surface area contributed by atoms with Crippen LogP contribution in [0.5, 0.6) is 0 Å². The number of benzene rings is 1. The Labute approximate surface area is 136 Å². The Kier molecular flexibility index (Phi) is 10.8. The zero-order chi connectivity index (χ0) is 17.0. The summed E-state index contributed by atoms with van der Waals surface area (Å²) in [5.41, 5.74) is 7.98. The molecule has 0 bridgehead atoms. The van der Waals surface area contributed by atoms with Crippen molar-refractivity contribution in [3.8, 4) is 0 Å². The summed E-state index contributed by atoms with van der Waals surface area (Å²) in [4.78, 5) is 3.86. The lowest BCUT2D eigenvalue weighted by Gasteiger charge is -1.94. The molecule has 22 heavy (non-hydrogen) atoms. The average Bonchev–Trinajstić information content (AvgIpc) is 3.32. The van der Waals surface area contributed by atoms with Crippen molar-refractivity contribution in [1.82, 2.24) is 4.98 Å². The van der Waals surface area contributed by atoms with Gasteiger partial charge in [-0.1, -0.05) is 71.0 Å². The summed E-state index contributed by atoms with van der Waals surface area (Å²) in [7, 11) is 0. The molecule has 122 valence electrons. The molecule has 2 nitrogen and oxygen atoms in total. The summed E-state index contributed by atoms with van der Waals surface area (Å²) in [6, 6.07) is 14.5. The molecule has 2 heteroatoms. The molecule has 1 aromatic carbocycles. The van der Waals surface area contributed by atoms with Crippen LogP contribution in [-0.2, 0) is 0 Å². The lowest BCUT2D eigenvalue weighted by Crippen LogP contribution is -1.87. The van der Waals surface area contributed by atoms with Gasteiger partial charge in [0.1, 0.15) is 5.82 Å². The summed E-state index contributed by atoms with van der Waals surface area (Å²) in [5, 5.41) is 0. The van der Waals surface area contributed by atoms with Gasteiger partial charge in [0.25, 0.3) is 0 Å². The molecule has 1 aliphatic carbocycles. The van der Waals surface area contributed by atoms with Crippen LogP contribution in [0.4, 0.5) is 5.82 Å². The largest absolute Gasteiger partial charge is 0.384 e. The minimum Gasteiger partial charge on any atom is -0.384 e. The van der Waals surface area contributed by atoms with E-state index in [2.05, 4.69) is 42.2 Å². The Hall–Kier alpha value is -1.83. The number of hydrogen-bond donors (Lipinski definition) is 1. The lowest BCUT2D eigenvalue weighted by molar-refractivity contribution is 0.915. The van der Waals surface area contributed by atoms with Crippen molar-refractivity contribution >= 4 is 5.82 Å². The van der Waals surface area contributed by atoms with E-state index in [1.807, 2.05) is 40.7 Å². The van der Waals surface area contributed by atoms with Gasteiger partial charge in [-0.25, -0.2) is 4.98 Å². The zero-order valence-electron chi connectivity index (χ0n) is 15.0. The average molecular weight is 300 g/mol. The normalized spacial score (nSPS) is 17.5. The molecule has 1 saturated carbocycles. The molecule has 2 aromatic rings. The van der Waals surface area contributed by atoms with Gasteiger partial charge in [-0.05, 0) is 42.4 Å². The second-order valence-electron chi connectivity index (χ2n) is 4.99. The van der Waals surface area contributed by atoms with E-state index in [1.165, 1.54) is 12.0 Å². The van der Waals surface area contributed by atoms with Gasteiger partial charge in [-0.2, -0.15) is 0 Å². The van der Waals surface area contributed by atoms with Crippen LogP contribution >= 0.6 is 0 Å². The van der Waals surface area contributed by atoms with Crippen LogP contribution in [0.3, 0.4) is 0 Å². The van der Waals surface area contributed by atoms with Crippen molar-refractivity contribution in [2.24, 2.45) is 5.92 Å². The van der Waals surface area contributed by atoms with E-state index in [4.69, 9.17) is 5.73 Å². The minimum atomic E-state index is 0.579. The van der Waals surface area contributed by atoms with E-state index in [-0.39, 0.29) is 0 Å². The summed E-state index contributed by atoms with van der Waals surface area (Å²) >= 11 is 0. The Morgan fingerprint density at radius 1 is 0.955 bits per heavy atom. The number of aryl methyl sites for hydroxylation is 1.